The van der Waals surface area contributed by atoms with Gasteiger partial charge in [0.1, 0.15) is 5.82 Å². The third-order valence-corrected chi connectivity index (χ3v) is 3.76. The molecule has 1 aliphatic rings. The molecule has 2 nitrogen and oxygen atoms in total. The average Bonchev–Trinajstić information content (AvgIpc) is 2.44. The summed E-state index contributed by atoms with van der Waals surface area (Å²) in [5, 5.41) is 3.51. The monoisotopic (exact) mass is 265 g/mol. The second-order valence-corrected chi connectivity index (χ2v) is 5.35. The summed E-state index contributed by atoms with van der Waals surface area (Å²) in [4.78, 5) is 0. The van der Waals surface area contributed by atoms with E-state index in [0.29, 0.717) is 5.56 Å². The minimum atomic E-state index is -0.128. The summed E-state index contributed by atoms with van der Waals surface area (Å²) in [5.74, 6) is -0.128. The fraction of sp³-hybridized carbons (Fsp3) is 0.625. The van der Waals surface area contributed by atoms with Crippen molar-refractivity contribution in [2.75, 3.05) is 13.2 Å². The quantitative estimate of drug-likeness (QED) is 0.875. The van der Waals surface area contributed by atoms with Crippen molar-refractivity contribution in [1.82, 2.24) is 5.32 Å². The summed E-state index contributed by atoms with van der Waals surface area (Å²) in [5.41, 5.74) is 1.70. The molecule has 3 heteroatoms. The van der Waals surface area contributed by atoms with Gasteiger partial charge in [0.25, 0.3) is 0 Å². The normalized spacial score (nSPS) is 21.3. The topological polar surface area (TPSA) is 21.3 Å². The van der Waals surface area contributed by atoms with E-state index in [1.165, 1.54) is 6.42 Å². The van der Waals surface area contributed by atoms with Crippen molar-refractivity contribution in [1.29, 1.82) is 0 Å². The third kappa shape index (κ3) is 3.77. The van der Waals surface area contributed by atoms with Gasteiger partial charge in [-0.15, -0.1) is 0 Å². The SMILES string of the molecule is CCCNC(c1ccc(C)c(F)c1)C1CCCCO1. The van der Waals surface area contributed by atoms with E-state index in [9.17, 15) is 4.39 Å². The lowest BCUT2D eigenvalue weighted by Crippen LogP contribution is -2.36. The minimum Gasteiger partial charge on any atom is -0.376 e. The lowest BCUT2D eigenvalue weighted by atomic mass is 9.95. The van der Waals surface area contributed by atoms with Gasteiger partial charge in [0, 0.05) is 6.61 Å². The molecule has 0 aromatic heterocycles. The van der Waals surface area contributed by atoms with Crippen molar-refractivity contribution in [2.24, 2.45) is 0 Å². The van der Waals surface area contributed by atoms with Gasteiger partial charge < -0.3 is 10.1 Å². The molecule has 106 valence electrons. The van der Waals surface area contributed by atoms with Gasteiger partial charge >= 0.3 is 0 Å². The highest BCUT2D eigenvalue weighted by atomic mass is 19.1. The Hall–Kier alpha value is -0.930. The van der Waals surface area contributed by atoms with Gasteiger partial charge in [-0.2, -0.15) is 0 Å². The largest absolute Gasteiger partial charge is 0.376 e. The summed E-state index contributed by atoms with van der Waals surface area (Å²) in [7, 11) is 0. The number of ether oxygens (including phenoxy) is 1. The van der Waals surface area contributed by atoms with Crippen molar-refractivity contribution in [3.05, 3.63) is 35.1 Å². The number of hydrogen-bond donors (Lipinski definition) is 1. The number of aryl methyl sites for hydroxylation is 1. The molecular weight excluding hydrogens is 241 g/mol. The molecule has 0 amide bonds. The number of rotatable bonds is 5. The molecule has 1 aliphatic heterocycles. The second kappa shape index (κ2) is 7.01. The van der Waals surface area contributed by atoms with E-state index in [4.69, 9.17) is 4.74 Å². The third-order valence-electron chi connectivity index (χ3n) is 3.76. The van der Waals surface area contributed by atoms with Crippen LogP contribution in [0.1, 0.15) is 49.8 Å². The highest BCUT2D eigenvalue weighted by Crippen LogP contribution is 2.27. The van der Waals surface area contributed by atoms with Crippen LogP contribution >= 0.6 is 0 Å². The zero-order chi connectivity index (χ0) is 13.7. The Morgan fingerprint density at radius 3 is 2.89 bits per heavy atom. The molecule has 1 aromatic rings. The number of benzene rings is 1. The molecule has 2 atom stereocenters. The first-order valence-corrected chi connectivity index (χ1v) is 7.33. The Kier molecular flexibility index (Phi) is 5.34. The van der Waals surface area contributed by atoms with Crippen molar-refractivity contribution in [3.8, 4) is 0 Å². The first kappa shape index (κ1) is 14.5. The molecule has 2 unspecified atom stereocenters. The summed E-state index contributed by atoms with van der Waals surface area (Å²) in [6.45, 7) is 5.69. The molecule has 19 heavy (non-hydrogen) atoms. The molecule has 1 N–H and O–H groups in total. The van der Waals surface area contributed by atoms with Gasteiger partial charge in [0.05, 0.1) is 12.1 Å². The maximum Gasteiger partial charge on any atom is 0.126 e. The lowest BCUT2D eigenvalue weighted by molar-refractivity contribution is -0.00820. The molecule has 0 aliphatic carbocycles. The van der Waals surface area contributed by atoms with E-state index in [1.54, 1.807) is 13.0 Å². The van der Waals surface area contributed by atoms with Crippen LogP contribution in [0.5, 0.6) is 0 Å². The zero-order valence-corrected chi connectivity index (χ0v) is 11.9. The van der Waals surface area contributed by atoms with Crippen LogP contribution in [0.4, 0.5) is 4.39 Å². The molecule has 1 saturated heterocycles. The van der Waals surface area contributed by atoms with Gasteiger partial charge in [-0.25, -0.2) is 4.39 Å². The van der Waals surface area contributed by atoms with Crippen LogP contribution in [-0.2, 0) is 4.74 Å². The van der Waals surface area contributed by atoms with E-state index >= 15 is 0 Å². The first-order valence-electron chi connectivity index (χ1n) is 7.33. The summed E-state index contributed by atoms with van der Waals surface area (Å²) in [6, 6.07) is 5.63. The molecule has 0 bridgehead atoms. The van der Waals surface area contributed by atoms with Crippen LogP contribution in [0.15, 0.2) is 18.2 Å². The fourth-order valence-corrected chi connectivity index (χ4v) is 2.59. The molecule has 2 rings (SSSR count). The summed E-state index contributed by atoms with van der Waals surface area (Å²) < 4.78 is 19.6. The Labute approximate surface area is 115 Å². The van der Waals surface area contributed by atoms with Gasteiger partial charge in [-0.1, -0.05) is 19.1 Å². The highest BCUT2D eigenvalue weighted by molar-refractivity contribution is 5.26. The van der Waals surface area contributed by atoms with E-state index in [2.05, 4.69) is 12.2 Å². The molecule has 0 radical (unpaired) electrons. The standard InChI is InChI=1S/C16H24FNO/c1-3-9-18-16(15-6-4-5-10-19-15)13-8-7-12(2)14(17)11-13/h7-8,11,15-16,18H,3-6,9-10H2,1-2H3. The van der Waals surface area contributed by atoms with Crippen molar-refractivity contribution in [3.63, 3.8) is 0 Å². The maximum absolute atomic E-state index is 13.8. The van der Waals surface area contributed by atoms with Gasteiger partial charge in [0.2, 0.25) is 0 Å². The molecule has 0 spiro atoms. The predicted molar refractivity (Wildman–Crippen MR) is 75.8 cm³/mol. The van der Waals surface area contributed by atoms with Gasteiger partial charge in [0.15, 0.2) is 0 Å². The first-order chi connectivity index (χ1) is 9.22. The smallest absolute Gasteiger partial charge is 0.126 e. The predicted octanol–water partition coefficient (Wildman–Crippen LogP) is 3.74. The zero-order valence-electron chi connectivity index (χ0n) is 11.9. The Morgan fingerprint density at radius 1 is 1.42 bits per heavy atom. The van der Waals surface area contributed by atoms with Crippen molar-refractivity contribution >= 4 is 0 Å². The van der Waals surface area contributed by atoms with E-state index in [1.807, 2.05) is 12.1 Å². The summed E-state index contributed by atoms with van der Waals surface area (Å²) >= 11 is 0. The van der Waals surface area contributed by atoms with E-state index in [0.717, 1.165) is 38.0 Å². The molecule has 0 saturated carbocycles. The van der Waals surface area contributed by atoms with E-state index < -0.39 is 0 Å². The van der Waals surface area contributed by atoms with Gasteiger partial charge in [-0.05, 0) is 56.3 Å². The van der Waals surface area contributed by atoms with Crippen LogP contribution < -0.4 is 5.32 Å². The minimum absolute atomic E-state index is 0.107. The van der Waals surface area contributed by atoms with E-state index in [-0.39, 0.29) is 18.0 Å². The Balaban J connectivity index is 2.17. The van der Waals surface area contributed by atoms with Crippen molar-refractivity contribution < 1.29 is 9.13 Å². The van der Waals surface area contributed by atoms with Gasteiger partial charge in [-0.3, -0.25) is 0 Å². The van der Waals surface area contributed by atoms with Crippen LogP contribution in [0.3, 0.4) is 0 Å². The Morgan fingerprint density at radius 2 is 2.26 bits per heavy atom. The molecule has 1 fully saturated rings. The average molecular weight is 265 g/mol. The second-order valence-electron chi connectivity index (χ2n) is 5.35. The fourth-order valence-electron chi connectivity index (χ4n) is 2.59. The van der Waals surface area contributed by atoms with Crippen LogP contribution in [0.25, 0.3) is 0 Å². The van der Waals surface area contributed by atoms with Crippen LogP contribution in [-0.4, -0.2) is 19.3 Å². The highest BCUT2D eigenvalue weighted by Gasteiger charge is 2.25. The van der Waals surface area contributed by atoms with Crippen LogP contribution in [0, 0.1) is 12.7 Å². The molecule has 1 aromatic carbocycles. The lowest BCUT2D eigenvalue weighted by Gasteiger charge is -2.31. The number of nitrogens with one attached hydrogen (secondary N) is 1. The van der Waals surface area contributed by atoms with Crippen molar-refractivity contribution in [2.45, 2.75) is 51.7 Å². The molecule has 1 heterocycles. The van der Waals surface area contributed by atoms with Crippen LogP contribution in [0.2, 0.25) is 0 Å². The number of halogens is 1. The number of hydrogen-bond acceptors (Lipinski definition) is 2. The summed E-state index contributed by atoms with van der Waals surface area (Å²) in [6.07, 6.45) is 4.62. The molecular formula is C16H24FNO. The maximum atomic E-state index is 13.8. The Bertz CT molecular complexity index is 402.